The van der Waals surface area contributed by atoms with Crippen LogP contribution in [0.5, 0.6) is 17.2 Å². The molecule has 1 aliphatic carbocycles. The summed E-state index contributed by atoms with van der Waals surface area (Å²) in [5.41, 5.74) is 1.46. The van der Waals surface area contributed by atoms with Gasteiger partial charge in [-0.25, -0.2) is 0 Å². The van der Waals surface area contributed by atoms with Crippen LogP contribution in [0, 0.1) is 5.92 Å². The molecule has 8 heteroatoms. The molecule has 0 aromatic heterocycles. The third-order valence-electron chi connectivity index (χ3n) is 7.16. The van der Waals surface area contributed by atoms with E-state index in [9.17, 15) is 14.7 Å². The van der Waals surface area contributed by atoms with Crippen LogP contribution in [0.15, 0.2) is 48.5 Å². The summed E-state index contributed by atoms with van der Waals surface area (Å²) in [6.45, 7) is 2.28. The number of halogens is 1. The molecule has 0 radical (unpaired) electrons. The fraction of sp³-hybridized carbons (Fsp3) is 0.379. The minimum atomic E-state index is -0.936. The van der Waals surface area contributed by atoms with Crippen molar-refractivity contribution in [1.29, 1.82) is 0 Å². The number of amides is 1. The van der Waals surface area contributed by atoms with Crippen molar-refractivity contribution in [2.24, 2.45) is 5.92 Å². The number of benzene rings is 3. The number of ether oxygens (including phenoxy) is 3. The second kappa shape index (κ2) is 10.9. The van der Waals surface area contributed by atoms with Crippen LogP contribution in [-0.2, 0) is 9.59 Å². The average molecular weight is 524 g/mol. The number of hydrogen-bond acceptors (Lipinski definition) is 5. The average Bonchev–Trinajstić information content (AvgIpc) is 3.32. The lowest BCUT2D eigenvalue weighted by Gasteiger charge is -2.27. The Morgan fingerprint density at radius 3 is 2.65 bits per heavy atom. The maximum Gasteiger partial charge on any atom is 0.304 e. The molecule has 2 N–H and O–H groups in total. The van der Waals surface area contributed by atoms with Crippen LogP contribution in [0.4, 0.5) is 0 Å². The van der Waals surface area contributed by atoms with Crippen molar-refractivity contribution in [2.45, 2.75) is 51.0 Å². The van der Waals surface area contributed by atoms with E-state index in [0.29, 0.717) is 33.8 Å². The molecule has 1 amide bonds. The largest absolute Gasteiger partial charge is 0.484 e. The highest BCUT2D eigenvalue weighted by Gasteiger charge is 2.25. The van der Waals surface area contributed by atoms with E-state index in [1.165, 1.54) is 6.42 Å². The number of hydrogen-bond donors (Lipinski definition) is 2. The number of fused-ring (bicyclic) bond motifs is 2. The zero-order valence-corrected chi connectivity index (χ0v) is 21.4. The van der Waals surface area contributed by atoms with Gasteiger partial charge in [0.25, 0.3) is 5.91 Å². The number of carbonyl (C=O) groups excluding carboxylic acids is 1. The first-order valence-corrected chi connectivity index (χ1v) is 13.0. The molecule has 1 aliphatic heterocycles. The highest BCUT2D eigenvalue weighted by atomic mass is 35.5. The molecule has 37 heavy (non-hydrogen) atoms. The molecule has 3 atom stereocenters. The van der Waals surface area contributed by atoms with Crippen LogP contribution in [0.1, 0.15) is 56.1 Å². The molecule has 1 unspecified atom stereocenters. The minimum Gasteiger partial charge on any atom is -0.484 e. The van der Waals surface area contributed by atoms with E-state index < -0.39 is 11.9 Å². The molecule has 3 aromatic rings. The number of carboxylic acids is 1. The summed E-state index contributed by atoms with van der Waals surface area (Å²) in [6, 6.07) is 15.1. The Morgan fingerprint density at radius 1 is 1.08 bits per heavy atom. The zero-order chi connectivity index (χ0) is 25.9. The van der Waals surface area contributed by atoms with Crippen molar-refractivity contribution in [3.05, 3.63) is 64.7 Å². The van der Waals surface area contributed by atoms with Crippen molar-refractivity contribution < 1.29 is 28.9 Å². The van der Waals surface area contributed by atoms with Gasteiger partial charge in [-0.1, -0.05) is 55.6 Å². The molecule has 1 heterocycles. The number of rotatable bonds is 8. The molecular formula is C29H30ClNO6. The smallest absolute Gasteiger partial charge is 0.304 e. The fourth-order valence-electron chi connectivity index (χ4n) is 5.32. The molecule has 3 aromatic carbocycles. The number of carboxylic acid groups (broad SMARTS) is 1. The van der Waals surface area contributed by atoms with E-state index in [1.807, 2.05) is 36.4 Å². The Kier molecular flexibility index (Phi) is 7.42. The van der Waals surface area contributed by atoms with Crippen molar-refractivity contribution in [1.82, 2.24) is 5.32 Å². The minimum absolute atomic E-state index is 0.0511. The summed E-state index contributed by atoms with van der Waals surface area (Å²) in [4.78, 5) is 24.2. The van der Waals surface area contributed by atoms with Gasteiger partial charge in [0.05, 0.1) is 6.42 Å². The van der Waals surface area contributed by atoms with E-state index in [4.69, 9.17) is 25.8 Å². The van der Waals surface area contributed by atoms with E-state index in [0.717, 1.165) is 35.6 Å². The highest BCUT2D eigenvalue weighted by Crippen LogP contribution is 2.42. The van der Waals surface area contributed by atoms with Gasteiger partial charge >= 0.3 is 5.97 Å². The Balaban J connectivity index is 1.35. The summed E-state index contributed by atoms with van der Waals surface area (Å²) in [6.07, 6.45) is 4.24. The number of carbonyl (C=O) groups is 2. The van der Waals surface area contributed by atoms with Crippen LogP contribution in [0.25, 0.3) is 10.8 Å². The lowest BCUT2D eigenvalue weighted by Crippen LogP contribution is -2.40. The highest BCUT2D eigenvalue weighted by molar-refractivity contribution is 6.31. The molecule has 194 valence electrons. The molecule has 1 fully saturated rings. The van der Waals surface area contributed by atoms with Gasteiger partial charge in [-0.05, 0) is 58.9 Å². The second-order valence-electron chi connectivity index (χ2n) is 9.97. The molecule has 0 bridgehead atoms. The molecule has 0 spiro atoms. The van der Waals surface area contributed by atoms with Crippen LogP contribution >= 0.6 is 11.6 Å². The van der Waals surface area contributed by atoms with Crippen LogP contribution in [-0.4, -0.2) is 36.4 Å². The monoisotopic (exact) mass is 523 g/mol. The SMILES string of the molecule is C[C@H]1CCC[C@@H](NC(=O)COc2ccc3ccc(C(CC(=O)O)c4cc5c(cc4Cl)OCO5)cc3c2)C1. The number of aliphatic carboxylic acids is 1. The van der Waals surface area contributed by atoms with Gasteiger partial charge in [0.2, 0.25) is 6.79 Å². The second-order valence-corrected chi connectivity index (χ2v) is 10.4. The van der Waals surface area contributed by atoms with Crippen LogP contribution < -0.4 is 19.5 Å². The first kappa shape index (κ1) is 25.2. The van der Waals surface area contributed by atoms with Gasteiger partial charge in [-0.15, -0.1) is 0 Å². The van der Waals surface area contributed by atoms with Gasteiger partial charge in [-0.2, -0.15) is 0 Å². The standard InChI is InChI=1S/C29H30ClNO6/c1-17-3-2-4-21(9-17)31-28(32)15-35-22-8-7-18-5-6-19(10-20(18)11-22)23(13-29(33)34)24-12-26-27(14-25(24)30)37-16-36-26/h5-8,10-12,14,17,21,23H,2-4,9,13,15-16H2,1H3,(H,31,32)(H,33,34)/t17-,21+,23?/m0/s1. The lowest BCUT2D eigenvalue weighted by molar-refractivity contribution is -0.137. The molecule has 1 saturated carbocycles. The Hall–Kier alpha value is -3.45. The Bertz CT molecular complexity index is 1330. The summed E-state index contributed by atoms with van der Waals surface area (Å²) in [7, 11) is 0. The number of nitrogens with one attached hydrogen (secondary N) is 1. The van der Waals surface area contributed by atoms with Gasteiger partial charge < -0.3 is 24.6 Å². The summed E-state index contributed by atoms with van der Waals surface area (Å²) >= 11 is 6.54. The van der Waals surface area contributed by atoms with Crippen molar-refractivity contribution >= 4 is 34.2 Å². The lowest BCUT2D eigenvalue weighted by atomic mass is 9.87. The Morgan fingerprint density at radius 2 is 1.86 bits per heavy atom. The molecule has 7 nitrogen and oxygen atoms in total. The van der Waals surface area contributed by atoms with Gasteiger partial charge in [0.1, 0.15) is 5.75 Å². The third kappa shape index (κ3) is 5.93. The van der Waals surface area contributed by atoms with Crippen molar-refractivity contribution in [3.8, 4) is 17.2 Å². The Labute approximate surface area is 220 Å². The van der Waals surface area contributed by atoms with Gasteiger partial charge in [0, 0.05) is 23.0 Å². The predicted octanol–water partition coefficient (Wildman–Crippen LogP) is 5.90. The van der Waals surface area contributed by atoms with E-state index in [2.05, 4.69) is 12.2 Å². The third-order valence-corrected chi connectivity index (χ3v) is 7.48. The fourth-order valence-corrected chi connectivity index (χ4v) is 5.60. The molecule has 2 aliphatic rings. The zero-order valence-electron chi connectivity index (χ0n) is 20.7. The van der Waals surface area contributed by atoms with Crippen molar-refractivity contribution in [2.75, 3.05) is 13.4 Å². The summed E-state index contributed by atoms with van der Waals surface area (Å²) in [5, 5.41) is 15.0. The van der Waals surface area contributed by atoms with Crippen molar-refractivity contribution in [3.63, 3.8) is 0 Å². The first-order chi connectivity index (χ1) is 17.9. The van der Waals surface area contributed by atoms with E-state index in [-0.39, 0.29) is 31.8 Å². The quantitative estimate of drug-likeness (QED) is 0.381. The summed E-state index contributed by atoms with van der Waals surface area (Å²) < 4.78 is 16.7. The summed E-state index contributed by atoms with van der Waals surface area (Å²) in [5.74, 6) is 0.760. The topological polar surface area (TPSA) is 94.1 Å². The van der Waals surface area contributed by atoms with E-state index >= 15 is 0 Å². The van der Waals surface area contributed by atoms with Gasteiger partial charge in [-0.3, -0.25) is 9.59 Å². The predicted molar refractivity (Wildman–Crippen MR) is 141 cm³/mol. The van der Waals surface area contributed by atoms with Crippen LogP contribution in [0.3, 0.4) is 0 Å². The van der Waals surface area contributed by atoms with E-state index in [1.54, 1.807) is 12.1 Å². The maximum absolute atomic E-state index is 12.4. The molecule has 5 rings (SSSR count). The first-order valence-electron chi connectivity index (χ1n) is 12.6. The van der Waals surface area contributed by atoms with Gasteiger partial charge in [0.15, 0.2) is 18.1 Å². The van der Waals surface area contributed by atoms with Crippen LogP contribution in [0.2, 0.25) is 5.02 Å². The normalized spacial score (nSPS) is 19.4. The maximum atomic E-state index is 12.4. The molecule has 0 saturated heterocycles. The molecular weight excluding hydrogens is 494 g/mol.